The molecule has 0 heterocycles. The number of alkyl halides is 3. The minimum Gasteiger partial charge on any atom is -0.478 e. The fourth-order valence-electron chi connectivity index (χ4n) is 2.32. The summed E-state index contributed by atoms with van der Waals surface area (Å²) >= 11 is 0. The standard InChI is InChI=1S/C18H15F3O3/c19-18(20,21)15-6-2-4-13(10-15)11-16(22)8-7-12-3-1-5-14(9-12)17(23)24/h1-6,9-10H,7-8,11H2,(H,23,24). The van der Waals surface area contributed by atoms with Gasteiger partial charge >= 0.3 is 12.1 Å². The van der Waals surface area contributed by atoms with Gasteiger partial charge in [0.1, 0.15) is 5.78 Å². The molecule has 126 valence electrons. The molecule has 0 aliphatic rings. The van der Waals surface area contributed by atoms with Gasteiger partial charge in [0.25, 0.3) is 0 Å². The first-order valence-corrected chi connectivity index (χ1v) is 7.26. The number of carboxylic acid groups (broad SMARTS) is 1. The zero-order chi connectivity index (χ0) is 17.7. The molecule has 2 rings (SSSR count). The molecule has 0 aliphatic carbocycles. The topological polar surface area (TPSA) is 54.4 Å². The summed E-state index contributed by atoms with van der Waals surface area (Å²) in [5, 5.41) is 8.91. The van der Waals surface area contributed by atoms with Gasteiger partial charge in [0, 0.05) is 12.8 Å². The highest BCUT2D eigenvalue weighted by molar-refractivity contribution is 5.87. The number of Topliss-reactive ketones (excluding diaryl/α,β-unsaturated/α-hetero) is 1. The third-order valence-electron chi connectivity index (χ3n) is 3.52. The highest BCUT2D eigenvalue weighted by Crippen LogP contribution is 2.29. The fourth-order valence-corrected chi connectivity index (χ4v) is 2.32. The van der Waals surface area contributed by atoms with E-state index >= 15 is 0 Å². The van der Waals surface area contributed by atoms with Crippen molar-refractivity contribution in [3.63, 3.8) is 0 Å². The molecule has 0 fully saturated rings. The first-order valence-electron chi connectivity index (χ1n) is 7.26. The van der Waals surface area contributed by atoms with Crippen molar-refractivity contribution in [3.05, 3.63) is 70.8 Å². The highest BCUT2D eigenvalue weighted by atomic mass is 19.4. The van der Waals surface area contributed by atoms with Crippen molar-refractivity contribution >= 4 is 11.8 Å². The van der Waals surface area contributed by atoms with Crippen LogP contribution in [0.3, 0.4) is 0 Å². The van der Waals surface area contributed by atoms with E-state index in [-0.39, 0.29) is 24.2 Å². The predicted octanol–water partition coefficient (Wildman–Crippen LogP) is 4.15. The number of aryl methyl sites for hydroxylation is 1. The Morgan fingerprint density at radius 2 is 1.62 bits per heavy atom. The zero-order valence-electron chi connectivity index (χ0n) is 12.6. The van der Waals surface area contributed by atoms with Gasteiger partial charge in [-0.15, -0.1) is 0 Å². The van der Waals surface area contributed by atoms with Gasteiger partial charge in [-0.05, 0) is 35.7 Å². The molecule has 6 heteroatoms. The van der Waals surface area contributed by atoms with Gasteiger partial charge in [0.2, 0.25) is 0 Å². The Morgan fingerprint density at radius 1 is 0.958 bits per heavy atom. The summed E-state index contributed by atoms with van der Waals surface area (Å²) in [6, 6.07) is 10.9. The average Bonchev–Trinajstić information content (AvgIpc) is 2.52. The van der Waals surface area contributed by atoms with Crippen molar-refractivity contribution < 1.29 is 27.9 Å². The lowest BCUT2D eigenvalue weighted by atomic mass is 10.0. The Morgan fingerprint density at radius 3 is 2.29 bits per heavy atom. The maximum absolute atomic E-state index is 12.6. The molecule has 0 atom stereocenters. The molecule has 1 N–H and O–H groups in total. The molecule has 0 unspecified atom stereocenters. The molecule has 0 radical (unpaired) electrons. The second-order valence-electron chi connectivity index (χ2n) is 5.42. The number of benzene rings is 2. The molecule has 0 aromatic heterocycles. The number of rotatable bonds is 6. The van der Waals surface area contributed by atoms with E-state index < -0.39 is 17.7 Å². The first kappa shape index (κ1) is 17.7. The van der Waals surface area contributed by atoms with E-state index in [1.165, 1.54) is 24.3 Å². The quantitative estimate of drug-likeness (QED) is 0.862. The van der Waals surface area contributed by atoms with E-state index in [1.807, 2.05) is 0 Å². The molecular weight excluding hydrogens is 321 g/mol. The van der Waals surface area contributed by atoms with Gasteiger partial charge < -0.3 is 5.11 Å². The normalized spacial score (nSPS) is 11.3. The van der Waals surface area contributed by atoms with E-state index in [1.54, 1.807) is 12.1 Å². The first-order chi connectivity index (χ1) is 11.3. The van der Waals surface area contributed by atoms with Crippen molar-refractivity contribution in [1.82, 2.24) is 0 Å². The van der Waals surface area contributed by atoms with Crippen LogP contribution < -0.4 is 0 Å². The van der Waals surface area contributed by atoms with Gasteiger partial charge in [0.15, 0.2) is 0 Å². The van der Waals surface area contributed by atoms with Crippen LogP contribution >= 0.6 is 0 Å². The Hall–Kier alpha value is -2.63. The largest absolute Gasteiger partial charge is 0.478 e. The smallest absolute Gasteiger partial charge is 0.416 e. The Bertz CT molecular complexity index is 751. The monoisotopic (exact) mass is 336 g/mol. The lowest BCUT2D eigenvalue weighted by molar-refractivity contribution is -0.137. The molecule has 0 saturated carbocycles. The maximum Gasteiger partial charge on any atom is 0.416 e. The second-order valence-corrected chi connectivity index (χ2v) is 5.42. The summed E-state index contributed by atoms with van der Waals surface area (Å²) in [7, 11) is 0. The third kappa shape index (κ3) is 4.94. The number of hydrogen-bond acceptors (Lipinski definition) is 2. The molecule has 24 heavy (non-hydrogen) atoms. The lowest BCUT2D eigenvalue weighted by Gasteiger charge is -2.08. The SMILES string of the molecule is O=C(CCc1cccc(C(=O)O)c1)Cc1cccc(C(F)(F)F)c1. The number of aromatic carboxylic acids is 1. The summed E-state index contributed by atoms with van der Waals surface area (Å²) in [6.45, 7) is 0. The molecular formula is C18H15F3O3. The van der Waals surface area contributed by atoms with Crippen LogP contribution in [0.1, 0.15) is 33.5 Å². The van der Waals surface area contributed by atoms with Crippen molar-refractivity contribution in [2.24, 2.45) is 0 Å². The van der Waals surface area contributed by atoms with Gasteiger partial charge in [-0.2, -0.15) is 13.2 Å². The second kappa shape index (κ2) is 7.29. The van der Waals surface area contributed by atoms with Crippen LogP contribution in [0.4, 0.5) is 13.2 Å². The van der Waals surface area contributed by atoms with Gasteiger partial charge in [-0.25, -0.2) is 4.79 Å². The van der Waals surface area contributed by atoms with Gasteiger partial charge in [-0.1, -0.05) is 30.3 Å². The molecule has 2 aromatic rings. The lowest BCUT2D eigenvalue weighted by Crippen LogP contribution is -2.08. The number of ketones is 1. The van der Waals surface area contributed by atoms with Crippen LogP contribution in [0.5, 0.6) is 0 Å². The van der Waals surface area contributed by atoms with E-state index in [0.29, 0.717) is 17.5 Å². The van der Waals surface area contributed by atoms with E-state index in [2.05, 4.69) is 0 Å². The van der Waals surface area contributed by atoms with Crippen LogP contribution in [0.15, 0.2) is 48.5 Å². The zero-order valence-corrected chi connectivity index (χ0v) is 12.6. The summed E-state index contributed by atoms with van der Waals surface area (Å²) in [5.41, 5.74) is 0.376. The molecule has 0 aliphatic heterocycles. The number of carbonyl (C=O) groups is 2. The number of halogens is 3. The Kier molecular flexibility index (Phi) is 5.39. The van der Waals surface area contributed by atoms with Crippen LogP contribution in [0.2, 0.25) is 0 Å². The summed E-state index contributed by atoms with van der Waals surface area (Å²) in [5.74, 6) is -1.25. The Labute approximate surface area is 136 Å². The number of carbonyl (C=O) groups excluding carboxylic acids is 1. The molecule has 3 nitrogen and oxygen atoms in total. The van der Waals surface area contributed by atoms with Gasteiger partial charge in [-0.3, -0.25) is 4.79 Å². The molecule has 0 amide bonds. The van der Waals surface area contributed by atoms with Crippen LogP contribution in [-0.2, 0) is 23.8 Å². The molecule has 0 bridgehead atoms. The average molecular weight is 336 g/mol. The minimum atomic E-state index is -4.43. The maximum atomic E-state index is 12.6. The number of hydrogen-bond donors (Lipinski definition) is 1. The van der Waals surface area contributed by atoms with Crippen molar-refractivity contribution in [2.45, 2.75) is 25.4 Å². The molecule has 0 spiro atoms. The number of carboxylic acids is 1. The van der Waals surface area contributed by atoms with Crippen LogP contribution in [0.25, 0.3) is 0 Å². The van der Waals surface area contributed by atoms with E-state index in [9.17, 15) is 22.8 Å². The van der Waals surface area contributed by atoms with Crippen molar-refractivity contribution in [1.29, 1.82) is 0 Å². The fraction of sp³-hybridized carbons (Fsp3) is 0.222. The summed E-state index contributed by atoms with van der Waals surface area (Å²) in [4.78, 5) is 22.9. The highest BCUT2D eigenvalue weighted by Gasteiger charge is 2.30. The molecule has 0 saturated heterocycles. The molecule has 2 aromatic carbocycles. The summed E-state index contributed by atoms with van der Waals surface area (Å²) < 4.78 is 37.9. The van der Waals surface area contributed by atoms with Crippen molar-refractivity contribution in [2.75, 3.05) is 0 Å². The van der Waals surface area contributed by atoms with Crippen LogP contribution in [0, 0.1) is 0 Å². The predicted molar refractivity (Wildman–Crippen MR) is 81.9 cm³/mol. The minimum absolute atomic E-state index is 0.0808. The summed E-state index contributed by atoms with van der Waals surface area (Å²) in [6.07, 6.45) is -4.03. The third-order valence-corrected chi connectivity index (χ3v) is 3.52. The van der Waals surface area contributed by atoms with Gasteiger partial charge in [0.05, 0.1) is 11.1 Å². The van der Waals surface area contributed by atoms with E-state index in [0.717, 1.165) is 12.1 Å². The Balaban J connectivity index is 1.97. The van der Waals surface area contributed by atoms with E-state index in [4.69, 9.17) is 5.11 Å². The van der Waals surface area contributed by atoms with Crippen molar-refractivity contribution in [3.8, 4) is 0 Å². The van der Waals surface area contributed by atoms with Crippen LogP contribution in [-0.4, -0.2) is 16.9 Å².